The SMILES string of the molecule is NCc1cccc(CNCc2cccc(CN)c2)c1. The molecule has 0 heterocycles. The minimum absolute atomic E-state index is 0.590. The van der Waals surface area contributed by atoms with Crippen molar-refractivity contribution < 1.29 is 0 Å². The van der Waals surface area contributed by atoms with Crippen LogP contribution in [0.2, 0.25) is 0 Å². The molecule has 0 radical (unpaired) electrons. The predicted molar refractivity (Wildman–Crippen MR) is 79.2 cm³/mol. The second-order valence-electron chi connectivity index (χ2n) is 4.65. The summed E-state index contributed by atoms with van der Waals surface area (Å²) in [5.41, 5.74) is 16.1. The van der Waals surface area contributed by atoms with E-state index in [0.717, 1.165) is 13.1 Å². The van der Waals surface area contributed by atoms with Crippen LogP contribution >= 0.6 is 0 Å². The van der Waals surface area contributed by atoms with Gasteiger partial charge < -0.3 is 16.8 Å². The molecule has 0 saturated heterocycles. The number of hydrogen-bond acceptors (Lipinski definition) is 3. The number of nitrogens with two attached hydrogens (primary N) is 2. The Hall–Kier alpha value is -1.68. The van der Waals surface area contributed by atoms with Crippen molar-refractivity contribution in [3.63, 3.8) is 0 Å². The summed E-state index contributed by atoms with van der Waals surface area (Å²) in [6.45, 7) is 2.88. The third kappa shape index (κ3) is 4.17. The molecule has 0 saturated carbocycles. The molecule has 0 aromatic heterocycles. The molecule has 2 aromatic carbocycles. The zero-order valence-electron chi connectivity index (χ0n) is 11.1. The Labute approximate surface area is 114 Å². The summed E-state index contributed by atoms with van der Waals surface area (Å²) >= 11 is 0. The summed E-state index contributed by atoms with van der Waals surface area (Å²) < 4.78 is 0. The van der Waals surface area contributed by atoms with Crippen LogP contribution in [0, 0.1) is 0 Å². The predicted octanol–water partition coefficient (Wildman–Crippen LogP) is 1.89. The molecule has 0 amide bonds. The van der Waals surface area contributed by atoms with Crippen molar-refractivity contribution in [3.8, 4) is 0 Å². The van der Waals surface area contributed by atoms with Gasteiger partial charge in [-0.25, -0.2) is 0 Å². The van der Waals surface area contributed by atoms with E-state index in [2.05, 4.69) is 29.6 Å². The maximum Gasteiger partial charge on any atom is 0.0208 e. The minimum Gasteiger partial charge on any atom is -0.326 e. The van der Waals surface area contributed by atoms with Gasteiger partial charge in [-0.1, -0.05) is 48.5 Å². The highest BCUT2D eigenvalue weighted by Crippen LogP contribution is 2.07. The maximum absolute atomic E-state index is 5.64. The van der Waals surface area contributed by atoms with Crippen LogP contribution in [-0.4, -0.2) is 0 Å². The zero-order chi connectivity index (χ0) is 13.5. The van der Waals surface area contributed by atoms with Gasteiger partial charge in [-0.3, -0.25) is 0 Å². The highest BCUT2D eigenvalue weighted by atomic mass is 14.8. The van der Waals surface area contributed by atoms with Gasteiger partial charge in [-0.2, -0.15) is 0 Å². The smallest absolute Gasteiger partial charge is 0.0208 e. The molecule has 0 bridgehead atoms. The highest BCUT2D eigenvalue weighted by molar-refractivity contribution is 5.25. The first-order valence-electron chi connectivity index (χ1n) is 6.58. The highest BCUT2D eigenvalue weighted by Gasteiger charge is 1.97. The molecule has 2 rings (SSSR count). The molecule has 0 aliphatic heterocycles. The third-order valence-corrected chi connectivity index (χ3v) is 3.11. The number of nitrogens with one attached hydrogen (secondary N) is 1. The van der Waals surface area contributed by atoms with Crippen LogP contribution in [-0.2, 0) is 26.2 Å². The van der Waals surface area contributed by atoms with Crippen molar-refractivity contribution >= 4 is 0 Å². The molecule has 0 atom stereocenters. The van der Waals surface area contributed by atoms with E-state index in [-0.39, 0.29) is 0 Å². The largest absolute Gasteiger partial charge is 0.326 e. The van der Waals surface area contributed by atoms with Gasteiger partial charge in [0, 0.05) is 26.2 Å². The Morgan fingerprint density at radius 3 is 1.53 bits per heavy atom. The van der Waals surface area contributed by atoms with E-state index in [1.807, 2.05) is 24.3 Å². The van der Waals surface area contributed by atoms with Crippen LogP contribution in [0.4, 0.5) is 0 Å². The number of hydrogen-bond donors (Lipinski definition) is 3. The van der Waals surface area contributed by atoms with Crippen molar-refractivity contribution in [3.05, 3.63) is 70.8 Å². The van der Waals surface area contributed by atoms with Crippen LogP contribution in [0.25, 0.3) is 0 Å². The van der Waals surface area contributed by atoms with Gasteiger partial charge in [0.25, 0.3) is 0 Å². The Morgan fingerprint density at radius 2 is 1.11 bits per heavy atom. The summed E-state index contributed by atoms with van der Waals surface area (Å²) in [7, 11) is 0. The molecule has 19 heavy (non-hydrogen) atoms. The van der Waals surface area contributed by atoms with Crippen LogP contribution < -0.4 is 16.8 Å². The van der Waals surface area contributed by atoms with E-state index in [1.165, 1.54) is 22.3 Å². The first-order valence-corrected chi connectivity index (χ1v) is 6.58. The Balaban J connectivity index is 1.88. The van der Waals surface area contributed by atoms with Gasteiger partial charge in [0.2, 0.25) is 0 Å². The minimum atomic E-state index is 0.590. The molecule has 0 spiro atoms. The maximum atomic E-state index is 5.64. The Morgan fingerprint density at radius 1 is 0.684 bits per heavy atom. The molecular formula is C16H21N3. The fourth-order valence-electron chi connectivity index (χ4n) is 2.08. The van der Waals surface area contributed by atoms with E-state index in [0.29, 0.717) is 13.1 Å². The average molecular weight is 255 g/mol. The van der Waals surface area contributed by atoms with Gasteiger partial charge >= 0.3 is 0 Å². The van der Waals surface area contributed by atoms with Crippen molar-refractivity contribution in [1.29, 1.82) is 0 Å². The normalized spacial score (nSPS) is 10.6. The Kier molecular flexibility index (Phi) is 5.10. The quantitative estimate of drug-likeness (QED) is 0.738. The van der Waals surface area contributed by atoms with Crippen molar-refractivity contribution in [1.82, 2.24) is 5.32 Å². The molecule has 3 heteroatoms. The topological polar surface area (TPSA) is 64.1 Å². The molecule has 3 nitrogen and oxygen atoms in total. The first-order chi connectivity index (χ1) is 9.31. The van der Waals surface area contributed by atoms with Crippen LogP contribution in [0.5, 0.6) is 0 Å². The van der Waals surface area contributed by atoms with E-state index in [1.54, 1.807) is 0 Å². The number of rotatable bonds is 6. The lowest BCUT2D eigenvalue weighted by molar-refractivity contribution is 0.692. The molecular weight excluding hydrogens is 234 g/mol. The summed E-state index contributed by atoms with van der Waals surface area (Å²) in [6.07, 6.45) is 0. The molecule has 2 aromatic rings. The fraction of sp³-hybridized carbons (Fsp3) is 0.250. The summed E-state index contributed by atoms with van der Waals surface area (Å²) in [5.74, 6) is 0. The third-order valence-electron chi connectivity index (χ3n) is 3.11. The number of benzene rings is 2. The van der Waals surface area contributed by atoms with Crippen molar-refractivity contribution in [2.45, 2.75) is 26.2 Å². The van der Waals surface area contributed by atoms with Gasteiger partial charge in [-0.05, 0) is 22.3 Å². The monoisotopic (exact) mass is 255 g/mol. The van der Waals surface area contributed by atoms with E-state index in [9.17, 15) is 0 Å². The molecule has 0 unspecified atom stereocenters. The second kappa shape index (κ2) is 7.04. The van der Waals surface area contributed by atoms with Crippen LogP contribution in [0.15, 0.2) is 48.5 Å². The lowest BCUT2D eigenvalue weighted by Gasteiger charge is -2.07. The summed E-state index contributed by atoms with van der Waals surface area (Å²) in [6, 6.07) is 16.7. The van der Waals surface area contributed by atoms with E-state index >= 15 is 0 Å². The molecule has 5 N–H and O–H groups in total. The molecule has 0 fully saturated rings. The van der Waals surface area contributed by atoms with Gasteiger partial charge in [-0.15, -0.1) is 0 Å². The first kappa shape index (κ1) is 13.7. The van der Waals surface area contributed by atoms with Gasteiger partial charge in [0.15, 0.2) is 0 Å². The van der Waals surface area contributed by atoms with E-state index in [4.69, 9.17) is 11.5 Å². The van der Waals surface area contributed by atoms with Crippen LogP contribution in [0.1, 0.15) is 22.3 Å². The lowest BCUT2D eigenvalue weighted by atomic mass is 10.1. The van der Waals surface area contributed by atoms with Crippen LogP contribution in [0.3, 0.4) is 0 Å². The van der Waals surface area contributed by atoms with Crippen molar-refractivity contribution in [2.75, 3.05) is 0 Å². The standard InChI is InChI=1S/C16H21N3/c17-9-13-3-1-5-15(7-13)11-19-12-16-6-2-4-14(8-16)10-18/h1-8,19H,9-12,17-18H2. The molecule has 100 valence electrons. The summed E-state index contributed by atoms with van der Waals surface area (Å²) in [5, 5.41) is 3.44. The summed E-state index contributed by atoms with van der Waals surface area (Å²) in [4.78, 5) is 0. The van der Waals surface area contributed by atoms with Gasteiger partial charge in [0.05, 0.1) is 0 Å². The lowest BCUT2D eigenvalue weighted by Crippen LogP contribution is -2.13. The average Bonchev–Trinajstić information content (AvgIpc) is 2.48. The van der Waals surface area contributed by atoms with Crippen molar-refractivity contribution in [2.24, 2.45) is 11.5 Å². The zero-order valence-corrected chi connectivity index (χ0v) is 11.1. The molecule has 0 aliphatic carbocycles. The van der Waals surface area contributed by atoms with Gasteiger partial charge in [0.1, 0.15) is 0 Å². The molecule has 0 aliphatic rings. The fourth-order valence-corrected chi connectivity index (χ4v) is 2.08. The second-order valence-corrected chi connectivity index (χ2v) is 4.65. The van der Waals surface area contributed by atoms with E-state index < -0.39 is 0 Å². The Bertz CT molecular complexity index is 475.